The number of benzene rings is 2. The van der Waals surface area contributed by atoms with Crippen molar-refractivity contribution in [2.45, 2.75) is 54.4 Å². The van der Waals surface area contributed by atoms with Gasteiger partial charge in [0.05, 0.1) is 9.52 Å². The molecule has 2 aromatic rings. The van der Waals surface area contributed by atoms with Crippen LogP contribution in [0.3, 0.4) is 0 Å². The summed E-state index contributed by atoms with van der Waals surface area (Å²) in [5.41, 5.74) is 18.6. The van der Waals surface area contributed by atoms with Crippen molar-refractivity contribution in [1.29, 1.82) is 0 Å². The van der Waals surface area contributed by atoms with Crippen LogP contribution in [0.5, 0.6) is 0 Å². The molecule has 2 radical (unpaired) electrons. The van der Waals surface area contributed by atoms with Crippen LogP contribution in [0.25, 0.3) is 11.1 Å². The number of aryl methyl sites for hydroxylation is 2. The summed E-state index contributed by atoms with van der Waals surface area (Å²) in [6.45, 7) is 13.9. The number of fused-ring (bicyclic) bond motifs is 2. The predicted molar refractivity (Wildman–Crippen MR) is 121 cm³/mol. The van der Waals surface area contributed by atoms with E-state index in [9.17, 15) is 0 Å². The fraction of sp³-hybridized carbons (Fsp3) is 0.308. The van der Waals surface area contributed by atoms with Crippen molar-refractivity contribution in [3.05, 3.63) is 92.0 Å². The zero-order valence-electron chi connectivity index (χ0n) is 17.6. The molecule has 0 bridgehead atoms. The number of rotatable bonds is 4. The summed E-state index contributed by atoms with van der Waals surface area (Å²) in [5.74, 6) is 0. The minimum absolute atomic E-state index is 0.548. The SMILES string of the molecule is CCC1=C(C)c2c(C)cccc2[C]1[SiH2][C]1C(CC)=C(C)c2c(C)cccc21. The predicted octanol–water partition coefficient (Wildman–Crippen LogP) is 6.33. The maximum atomic E-state index is 2.37. The van der Waals surface area contributed by atoms with E-state index in [-0.39, 0.29) is 0 Å². The molecular formula is C26H30Si. The summed E-state index contributed by atoms with van der Waals surface area (Å²) in [4.78, 5) is 0. The minimum Gasteiger partial charge on any atom is -0.0617 e. The molecule has 2 aliphatic carbocycles. The molecule has 1 heteroatoms. The molecule has 2 aromatic carbocycles. The highest BCUT2D eigenvalue weighted by Gasteiger charge is 2.37. The van der Waals surface area contributed by atoms with Crippen molar-refractivity contribution in [1.82, 2.24) is 0 Å². The van der Waals surface area contributed by atoms with Crippen molar-refractivity contribution in [2.24, 2.45) is 0 Å². The van der Waals surface area contributed by atoms with E-state index >= 15 is 0 Å². The Hall–Kier alpha value is -1.86. The van der Waals surface area contributed by atoms with Crippen LogP contribution in [0.15, 0.2) is 47.5 Å². The largest absolute Gasteiger partial charge is 0.0617 e. The Bertz CT molecular complexity index is 894. The standard InChI is InChI=1S/C26H30Si/c1-7-19-17(5)23-15(3)11-9-13-21(23)25(19)27-26-20(8-2)18(6)24-16(4)12-10-14-22(24)26/h9-14H,7-8,27H2,1-6H3. The van der Waals surface area contributed by atoms with Gasteiger partial charge in [0.2, 0.25) is 0 Å². The Morgan fingerprint density at radius 2 is 1.04 bits per heavy atom. The second kappa shape index (κ2) is 6.94. The highest BCUT2D eigenvalue weighted by atomic mass is 28.2. The van der Waals surface area contributed by atoms with Gasteiger partial charge >= 0.3 is 0 Å². The summed E-state index contributed by atoms with van der Waals surface area (Å²) >= 11 is 0. The average molecular weight is 371 g/mol. The molecular weight excluding hydrogens is 340 g/mol. The van der Waals surface area contributed by atoms with Crippen LogP contribution in [0.2, 0.25) is 0 Å². The van der Waals surface area contributed by atoms with Crippen molar-refractivity contribution < 1.29 is 0 Å². The van der Waals surface area contributed by atoms with Gasteiger partial charge in [-0.1, -0.05) is 61.4 Å². The highest BCUT2D eigenvalue weighted by Crippen LogP contribution is 2.49. The first-order valence-corrected chi connectivity index (χ1v) is 11.7. The summed E-state index contributed by atoms with van der Waals surface area (Å²) in [5, 5.41) is 0. The first-order chi connectivity index (χ1) is 13.0. The summed E-state index contributed by atoms with van der Waals surface area (Å²) in [6.07, 6.45) is 2.28. The third kappa shape index (κ3) is 2.70. The van der Waals surface area contributed by atoms with Crippen LogP contribution < -0.4 is 0 Å². The molecule has 0 nitrogen and oxygen atoms in total. The molecule has 138 valence electrons. The van der Waals surface area contributed by atoms with Crippen molar-refractivity contribution in [2.75, 3.05) is 0 Å². The summed E-state index contributed by atoms with van der Waals surface area (Å²) < 4.78 is 0. The normalized spacial score (nSPS) is 17.1. The lowest BCUT2D eigenvalue weighted by Gasteiger charge is -2.22. The number of hydrogen-bond donors (Lipinski definition) is 0. The van der Waals surface area contributed by atoms with E-state index < -0.39 is 9.52 Å². The Balaban J connectivity index is 1.82. The Labute approximate surface area is 167 Å². The molecule has 2 aliphatic rings. The van der Waals surface area contributed by atoms with Gasteiger partial charge in [0, 0.05) is 11.1 Å². The van der Waals surface area contributed by atoms with Gasteiger partial charge in [-0.05, 0) is 85.1 Å². The number of allylic oxidation sites excluding steroid dienone is 4. The quantitative estimate of drug-likeness (QED) is 0.552. The summed E-state index contributed by atoms with van der Waals surface area (Å²) in [6, 6.07) is 13.8. The Kier molecular flexibility index (Phi) is 4.76. The molecule has 0 fully saturated rings. The fourth-order valence-electron chi connectivity index (χ4n) is 5.45. The fourth-order valence-corrected chi connectivity index (χ4v) is 8.23. The molecule has 0 saturated heterocycles. The lowest BCUT2D eigenvalue weighted by atomic mass is 10.0. The minimum atomic E-state index is -0.548. The van der Waals surface area contributed by atoms with Gasteiger partial charge < -0.3 is 0 Å². The molecule has 27 heavy (non-hydrogen) atoms. The maximum Gasteiger partial charge on any atom is 0.0575 e. The van der Waals surface area contributed by atoms with Crippen LogP contribution in [0.4, 0.5) is 0 Å². The van der Waals surface area contributed by atoms with Crippen LogP contribution in [0.1, 0.15) is 73.9 Å². The molecule has 0 aliphatic heterocycles. The van der Waals surface area contributed by atoms with Crippen molar-refractivity contribution in [3.63, 3.8) is 0 Å². The maximum absolute atomic E-state index is 2.37. The van der Waals surface area contributed by atoms with Crippen LogP contribution in [0, 0.1) is 24.9 Å². The van der Waals surface area contributed by atoms with E-state index in [0.29, 0.717) is 0 Å². The second-order valence-corrected chi connectivity index (χ2v) is 9.81. The third-order valence-electron chi connectivity index (χ3n) is 6.64. The molecule has 0 aromatic heterocycles. The van der Waals surface area contributed by atoms with E-state index in [0.717, 1.165) is 12.8 Å². The van der Waals surface area contributed by atoms with Gasteiger partial charge in [0.1, 0.15) is 0 Å². The third-order valence-corrected chi connectivity index (χ3v) is 8.96. The molecule has 0 amide bonds. The molecule has 0 atom stereocenters. The van der Waals surface area contributed by atoms with Crippen molar-refractivity contribution >= 4 is 20.7 Å². The lowest BCUT2D eigenvalue weighted by molar-refractivity contribution is 1.09. The van der Waals surface area contributed by atoms with E-state index in [2.05, 4.69) is 77.9 Å². The molecule has 4 rings (SSSR count). The van der Waals surface area contributed by atoms with Crippen LogP contribution in [-0.2, 0) is 0 Å². The number of hydrogen-bond acceptors (Lipinski definition) is 0. The van der Waals surface area contributed by atoms with Crippen LogP contribution >= 0.6 is 0 Å². The van der Waals surface area contributed by atoms with Gasteiger partial charge in [-0.15, -0.1) is 0 Å². The zero-order chi connectivity index (χ0) is 19.3. The van der Waals surface area contributed by atoms with Gasteiger partial charge in [0.25, 0.3) is 0 Å². The monoisotopic (exact) mass is 370 g/mol. The van der Waals surface area contributed by atoms with Gasteiger partial charge in [-0.25, -0.2) is 0 Å². The van der Waals surface area contributed by atoms with Gasteiger partial charge in [-0.2, -0.15) is 0 Å². The van der Waals surface area contributed by atoms with E-state index in [1.165, 1.54) is 44.5 Å². The Morgan fingerprint density at radius 1 is 0.630 bits per heavy atom. The first kappa shape index (κ1) is 18.5. The Morgan fingerprint density at radius 3 is 1.41 bits per heavy atom. The average Bonchev–Trinajstić information content (AvgIpc) is 3.08. The van der Waals surface area contributed by atoms with Crippen molar-refractivity contribution in [3.8, 4) is 0 Å². The summed E-state index contributed by atoms with van der Waals surface area (Å²) in [7, 11) is -0.548. The second-order valence-electron chi connectivity index (χ2n) is 8.04. The van der Waals surface area contributed by atoms with Gasteiger partial charge in [-0.3, -0.25) is 0 Å². The molecule has 0 N–H and O–H groups in total. The van der Waals surface area contributed by atoms with Crippen LogP contribution in [-0.4, -0.2) is 9.52 Å². The molecule has 0 saturated carbocycles. The molecule has 0 unspecified atom stereocenters. The highest BCUT2D eigenvalue weighted by molar-refractivity contribution is 6.57. The smallest absolute Gasteiger partial charge is 0.0575 e. The first-order valence-electron chi connectivity index (χ1n) is 10.3. The van der Waals surface area contributed by atoms with Gasteiger partial charge in [0.15, 0.2) is 0 Å². The van der Waals surface area contributed by atoms with E-state index in [1.54, 1.807) is 22.2 Å². The zero-order valence-corrected chi connectivity index (χ0v) is 19.0. The topological polar surface area (TPSA) is 0 Å². The lowest BCUT2D eigenvalue weighted by Crippen LogP contribution is -2.19. The van der Waals surface area contributed by atoms with E-state index in [4.69, 9.17) is 0 Å². The molecule has 0 spiro atoms. The molecule has 0 heterocycles. The van der Waals surface area contributed by atoms with E-state index in [1.807, 2.05) is 0 Å².